The highest BCUT2D eigenvalue weighted by Crippen LogP contribution is 2.17. The number of nitrogens with one attached hydrogen (secondary N) is 2. The van der Waals surface area contributed by atoms with Gasteiger partial charge in [0.2, 0.25) is 5.95 Å². The third-order valence-electron chi connectivity index (χ3n) is 4.07. The van der Waals surface area contributed by atoms with Crippen molar-refractivity contribution in [1.29, 1.82) is 0 Å². The summed E-state index contributed by atoms with van der Waals surface area (Å²) >= 11 is 0. The van der Waals surface area contributed by atoms with Crippen LogP contribution in [0.1, 0.15) is 17.3 Å². The molecule has 3 rings (SSSR count). The van der Waals surface area contributed by atoms with E-state index in [-0.39, 0.29) is 5.56 Å². The van der Waals surface area contributed by atoms with E-state index >= 15 is 0 Å². The highest BCUT2D eigenvalue weighted by Gasteiger charge is 2.20. The molecule has 2 aromatic rings. The molecule has 1 aromatic heterocycles. The van der Waals surface area contributed by atoms with E-state index in [9.17, 15) is 9.59 Å². The van der Waals surface area contributed by atoms with Crippen LogP contribution in [0.3, 0.4) is 0 Å². The van der Waals surface area contributed by atoms with Crippen molar-refractivity contribution in [2.75, 3.05) is 42.5 Å². The van der Waals surface area contributed by atoms with Crippen LogP contribution < -0.4 is 20.7 Å². The standard InChI is InChI=1S/C17H21N5O2/c1-2-18-15(23)14-12-19-17(20-16(14)24)22-10-8-21(9-11-22)13-6-4-3-5-7-13/h3-7,12H,2,8-11H2,1H3,(H,18,23)(H,19,20,24). The average molecular weight is 327 g/mol. The summed E-state index contributed by atoms with van der Waals surface area (Å²) in [4.78, 5) is 35.2. The van der Waals surface area contributed by atoms with Gasteiger partial charge in [0, 0.05) is 44.6 Å². The van der Waals surface area contributed by atoms with Crippen LogP contribution in [0, 0.1) is 0 Å². The molecule has 0 saturated carbocycles. The number of benzene rings is 1. The number of hydrogen-bond acceptors (Lipinski definition) is 5. The molecule has 24 heavy (non-hydrogen) atoms. The number of hydrogen-bond donors (Lipinski definition) is 2. The molecule has 0 unspecified atom stereocenters. The van der Waals surface area contributed by atoms with Gasteiger partial charge in [-0.15, -0.1) is 0 Å². The quantitative estimate of drug-likeness (QED) is 0.870. The van der Waals surface area contributed by atoms with Crippen LogP contribution >= 0.6 is 0 Å². The number of piperazine rings is 1. The summed E-state index contributed by atoms with van der Waals surface area (Å²) in [7, 11) is 0. The summed E-state index contributed by atoms with van der Waals surface area (Å²) in [5.41, 5.74) is 0.838. The number of rotatable bonds is 4. The van der Waals surface area contributed by atoms with Gasteiger partial charge in [0.25, 0.3) is 11.5 Å². The third-order valence-corrected chi connectivity index (χ3v) is 4.07. The Hall–Kier alpha value is -2.83. The lowest BCUT2D eigenvalue weighted by Crippen LogP contribution is -2.47. The van der Waals surface area contributed by atoms with Gasteiger partial charge >= 0.3 is 0 Å². The number of aromatic nitrogens is 2. The number of anilines is 2. The first-order chi connectivity index (χ1) is 11.7. The van der Waals surface area contributed by atoms with E-state index in [1.165, 1.54) is 11.9 Å². The van der Waals surface area contributed by atoms with Gasteiger partial charge in [0.15, 0.2) is 0 Å². The molecule has 1 fully saturated rings. The number of amides is 1. The topological polar surface area (TPSA) is 81.3 Å². The van der Waals surface area contributed by atoms with Crippen molar-refractivity contribution in [3.63, 3.8) is 0 Å². The van der Waals surface area contributed by atoms with Gasteiger partial charge in [-0.05, 0) is 19.1 Å². The molecule has 2 heterocycles. The van der Waals surface area contributed by atoms with Crippen LogP contribution in [-0.2, 0) is 0 Å². The Kier molecular flexibility index (Phi) is 4.79. The van der Waals surface area contributed by atoms with Gasteiger partial charge in [-0.2, -0.15) is 0 Å². The Morgan fingerprint density at radius 2 is 1.83 bits per heavy atom. The molecule has 2 N–H and O–H groups in total. The number of aromatic amines is 1. The maximum Gasteiger partial charge on any atom is 0.265 e. The van der Waals surface area contributed by atoms with Crippen LogP contribution in [0.5, 0.6) is 0 Å². The first-order valence-electron chi connectivity index (χ1n) is 8.11. The first-order valence-corrected chi connectivity index (χ1v) is 8.11. The second kappa shape index (κ2) is 7.16. The van der Waals surface area contributed by atoms with E-state index in [2.05, 4.69) is 32.3 Å². The molecule has 1 aromatic carbocycles. The molecule has 1 amide bonds. The summed E-state index contributed by atoms with van der Waals surface area (Å²) in [6, 6.07) is 10.3. The lowest BCUT2D eigenvalue weighted by atomic mass is 10.2. The minimum Gasteiger partial charge on any atom is -0.368 e. The molecule has 126 valence electrons. The fraction of sp³-hybridized carbons (Fsp3) is 0.353. The highest BCUT2D eigenvalue weighted by molar-refractivity contribution is 5.93. The van der Waals surface area contributed by atoms with Gasteiger partial charge in [-0.25, -0.2) is 4.98 Å². The van der Waals surface area contributed by atoms with Crippen molar-refractivity contribution in [2.24, 2.45) is 0 Å². The van der Waals surface area contributed by atoms with E-state index in [4.69, 9.17) is 0 Å². The maximum absolute atomic E-state index is 12.1. The van der Waals surface area contributed by atoms with Crippen LogP contribution in [0.15, 0.2) is 41.3 Å². The molecule has 0 atom stereocenters. The van der Waals surface area contributed by atoms with Gasteiger partial charge in [-0.1, -0.05) is 18.2 Å². The Balaban J connectivity index is 1.67. The summed E-state index contributed by atoms with van der Waals surface area (Å²) in [5.74, 6) is 0.118. The average Bonchev–Trinajstić information content (AvgIpc) is 2.62. The van der Waals surface area contributed by atoms with Crippen LogP contribution in [0.25, 0.3) is 0 Å². The van der Waals surface area contributed by atoms with Crippen LogP contribution in [-0.4, -0.2) is 48.6 Å². The van der Waals surface area contributed by atoms with Crippen molar-refractivity contribution in [3.8, 4) is 0 Å². The Labute approximate surface area is 140 Å². The van der Waals surface area contributed by atoms with Crippen LogP contribution in [0.2, 0.25) is 0 Å². The second-order valence-corrected chi connectivity index (χ2v) is 5.62. The Morgan fingerprint density at radius 1 is 1.17 bits per heavy atom. The normalized spacial score (nSPS) is 14.5. The molecule has 0 aliphatic carbocycles. The molecule has 1 aliphatic heterocycles. The highest BCUT2D eigenvalue weighted by atomic mass is 16.2. The fourth-order valence-electron chi connectivity index (χ4n) is 2.78. The zero-order valence-electron chi connectivity index (χ0n) is 13.7. The zero-order chi connectivity index (χ0) is 16.9. The number of para-hydroxylation sites is 1. The van der Waals surface area contributed by atoms with E-state index in [0.29, 0.717) is 12.5 Å². The summed E-state index contributed by atoms with van der Waals surface area (Å²) in [6.07, 6.45) is 1.35. The van der Waals surface area contributed by atoms with Gasteiger partial charge in [-0.3, -0.25) is 14.6 Å². The summed E-state index contributed by atoms with van der Waals surface area (Å²) in [6.45, 7) is 5.51. The summed E-state index contributed by atoms with van der Waals surface area (Å²) < 4.78 is 0. The summed E-state index contributed by atoms with van der Waals surface area (Å²) in [5, 5.41) is 2.61. The minimum atomic E-state index is -0.406. The molecule has 1 saturated heterocycles. The largest absolute Gasteiger partial charge is 0.368 e. The third kappa shape index (κ3) is 3.40. The predicted molar refractivity (Wildman–Crippen MR) is 93.7 cm³/mol. The molecular weight excluding hydrogens is 306 g/mol. The zero-order valence-corrected chi connectivity index (χ0v) is 13.7. The molecule has 7 nitrogen and oxygen atoms in total. The lowest BCUT2D eigenvalue weighted by molar-refractivity contribution is 0.0954. The van der Waals surface area contributed by atoms with E-state index in [1.807, 2.05) is 23.1 Å². The Morgan fingerprint density at radius 3 is 2.46 bits per heavy atom. The number of carbonyl (C=O) groups excluding carboxylic acids is 1. The monoisotopic (exact) mass is 327 g/mol. The van der Waals surface area contributed by atoms with Crippen molar-refractivity contribution in [1.82, 2.24) is 15.3 Å². The number of H-pyrrole nitrogens is 1. The maximum atomic E-state index is 12.1. The predicted octanol–water partition coefficient (Wildman–Crippen LogP) is 0.846. The number of nitrogens with zero attached hydrogens (tertiary/aromatic N) is 3. The molecule has 1 aliphatic rings. The fourth-order valence-corrected chi connectivity index (χ4v) is 2.78. The van der Waals surface area contributed by atoms with E-state index in [1.54, 1.807) is 6.92 Å². The van der Waals surface area contributed by atoms with Crippen molar-refractivity contribution in [2.45, 2.75) is 6.92 Å². The van der Waals surface area contributed by atoms with E-state index < -0.39 is 11.5 Å². The minimum absolute atomic E-state index is 0.0449. The number of carbonyl (C=O) groups is 1. The van der Waals surface area contributed by atoms with Gasteiger partial charge in [0.1, 0.15) is 5.56 Å². The smallest absolute Gasteiger partial charge is 0.265 e. The molecule has 7 heteroatoms. The molecular formula is C17H21N5O2. The SMILES string of the molecule is CCNC(=O)c1cnc(N2CCN(c3ccccc3)CC2)[nH]c1=O. The van der Waals surface area contributed by atoms with Crippen molar-refractivity contribution >= 4 is 17.5 Å². The molecule has 0 radical (unpaired) electrons. The van der Waals surface area contributed by atoms with Gasteiger partial charge in [0.05, 0.1) is 0 Å². The van der Waals surface area contributed by atoms with Crippen LogP contribution in [0.4, 0.5) is 11.6 Å². The molecule has 0 bridgehead atoms. The van der Waals surface area contributed by atoms with E-state index in [0.717, 1.165) is 26.2 Å². The van der Waals surface area contributed by atoms with Crippen molar-refractivity contribution in [3.05, 3.63) is 52.4 Å². The Bertz CT molecular complexity index is 751. The molecule has 0 spiro atoms. The van der Waals surface area contributed by atoms with Crippen molar-refractivity contribution < 1.29 is 4.79 Å². The first kappa shape index (κ1) is 16.0. The van der Waals surface area contributed by atoms with Gasteiger partial charge < -0.3 is 15.1 Å². The lowest BCUT2D eigenvalue weighted by Gasteiger charge is -2.36. The second-order valence-electron chi connectivity index (χ2n) is 5.62.